The predicted octanol–water partition coefficient (Wildman–Crippen LogP) is 2.10. The second-order valence-corrected chi connectivity index (χ2v) is 3.78. The number of benzene rings is 1. The van der Waals surface area contributed by atoms with Crippen LogP contribution in [0.3, 0.4) is 0 Å². The second kappa shape index (κ2) is 9.47. The van der Waals surface area contributed by atoms with Gasteiger partial charge in [-0.2, -0.15) is 0 Å². The van der Waals surface area contributed by atoms with E-state index in [9.17, 15) is 9.18 Å². The average Bonchev–Trinajstić information content (AvgIpc) is 2.46. The van der Waals surface area contributed by atoms with E-state index in [4.69, 9.17) is 10.5 Å². The zero-order chi connectivity index (χ0) is 14.8. The van der Waals surface area contributed by atoms with E-state index in [1.165, 1.54) is 18.1 Å². The summed E-state index contributed by atoms with van der Waals surface area (Å²) < 4.78 is 18.5. The highest BCUT2D eigenvalue weighted by atomic mass is 19.1. The van der Waals surface area contributed by atoms with Crippen LogP contribution < -0.4 is 10.6 Å². The molecule has 0 heterocycles. The van der Waals surface area contributed by atoms with E-state index in [1.54, 1.807) is 19.1 Å². The van der Waals surface area contributed by atoms with Gasteiger partial charge in [0.15, 0.2) is 0 Å². The normalized spacial score (nSPS) is 11.3. The van der Waals surface area contributed by atoms with Crippen LogP contribution in [0.15, 0.2) is 18.2 Å². The van der Waals surface area contributed by atoms with Crippen LogP contribution in [0.2, 0.25) is 0 Å². The number of rotatable bonds is 6. The minimum absolute atomic E-state index is 0.260. The molecule has 19 heavy (non-hydrogen) atoms. The molecule has 0 aliphatic heterocycles. The molecule has 0 aliphatic carbocycles. The molecule has 4 nitrogen and oxygen atoms in total. The SMILES string of the molecule is CC.COC(CN)CN(C=O)c1ccc(C)c(F)c1. The number of halogens is 1. The summed E-state index contributed by atoms with van der Waals surface area (Å²) >= 11 is 0. The third-order valence-electron chi connectivity index (χ3n) is 2.61. The van der Waals surface area contributed by atoms with Gasteiger partial charge < -0.3 is 15.4 Å². The van der Waals surface area contributed by atoms with Crippen molar-refractivity contribution in [3.05, 3.63) is 29.6 Å². The van der Waals surface area contributed by atoms with Crippen molar-refractivity contribution in [3.8, 4) is 0 Å². The maximum atomic E-state index is 13.4. The Balaban J connectivity index is 0.00000154. The van der Waals surface area contributed by atoms with E-state index in [-0.39, 0.29) is 11.9 Å². The number of nitrogens with two attached hydrogens (primary N) is 1. The summed E-state index contributed by atoms with van der Waals surface area (Å²) in [5.74, 6) is -0.337. The predicted molar refractivity (Wildman–Crippen MR) is 75.7 cm³/mol. The second-order valence-electron chi connectivity index (χ2n) is 3.78. The molecular formula is C14H23FN2O2. The first-order valence-electron chi connectivity index (χ1n) is 6.33. The van der Waals surface area contributed by atoms with Crippen molar-refractivity contribution < 1.29 is 13.9 Å². The number of hydrogen-bond acceptors (Lipinski definition) is 3. The molecule has 0 spiro atoms. The number of hydrogen-bond donors (Lipinski definition) is 1. The summed E-state index contributed by atoms with van der Waals surface area (Å²) in [6.07, 6.45) is 0.385. The molecule has 1 atom stereocenters. The van der Waals surface area contributed by atoms with Gasteiger partial charge in [0.1, 0.15) is 5.82 Å². The van der Waals surface area contributed by atoms with Crippen LogP contribution in [0.5, 0.6) is 0 Å². The molecule has 1 aromatic rings. The molecule has 1 aromatic carbocycles. The molecule has 0 saturated carbocycles. The zero-order valence-electron chi connectivity index (χ0n) is 12.0. The van der Waals surface area contributed by atoms with Gasteiger partial charge >= 0.3 is 0 Å². The first-order chi connectivity index (χ1) is 9.12. The van der Waals surface area contributed by atoms with Gasteiger partial charge in [-0.25, -0.2) is 4.39 Å². The lowest BCUT2D eigenvalue weighted by atomic mass is 10.2. The molecule has 1 unspecified atom stereocenters. The summed E-state index contributed by atoms with van der Waals surface area (Å²) in [5, 5.41) is 0. The molecule has 0 fully saturated rings. The molecule has 0 aliphatic rings. The van der Waals surface area contributed by atoms with Crippen LogP contribution in [0.25, 0.3) is 0 Å². The fourth-order valence-electron chi connectivity index (χ4n) is 1.43. The van der Waals surface area contributed by atoms with Crippen molar-refractivity contribution in [1.82, 2.24) is 0 Å². The average molecular weight is 270 g/mol. The topological polar surface area (TPSA) is 55.6 Å². The first-order valence-corrected chi connectivity index (χ1v) is 6.33. The number of anilines is 1. The van der Waals surface area contributed by atoms with E-state index in [1.807, 2.05) is 13.8 Å². The van der Waals surface area contributed by atoms with E-state index in [0.717, 1.165) is 0 Å². The van der Waals surface area contributed by atoms with Gasteiger partial charge in [0.2, 0.25) is 6.41 Å². The maximum absolute atomic E-state index is 13.4. The molecule has 5 heteroatoms. The quantitative estimate of drug-likeness (QED) is 0.805. The molecule has 0 radical (unpaired) electrons. The summed E-state index contributed by atoms with van der Waals surface area (Å²) in [7, 11) is 1.52. The van der Waals surface area contributed by atoms with Crippen molar-refractivity contribution in [3.63, 3.8) is 0 Å². The minimum atomic E-state index is -0.337. The fraction of sp³-hybridized carbons (Fsp3) is 0.500. The van der Waals surface area contributed by atoms with Gasteiger partial charge in [-0.3, -0.25) is 4.79 Å². The summed E-state index contributed by atoms with van der Waals surface area (Å²) in [5.41, 5.74) is 6.52. The Kier molecular flexibility index (Phi) is 8.74. The van der Waals surface area contributed by atoms with Gasteiger partial charge in [-0.05, 0) is 24.6 Å². The molecule has 0 aromatic heterocycles. The van der Waals surface area contributed by atoms with Gasteiger partial charge in [-0.15, -0.1) is 0 Å². The number of amides is 1. The molecule has 0 bridgehead atoms. The summed E-state index contributed by atoms with van der Waals surface area (Å²) in [6, 6.07) is 4.65. The molecule has 108 valence electrons. The Morgan fingerprint density at radius 2 is 2.11 bits per heavy atom. The number of methoxy groups -OCH3 is 1. The van der Waals surface area contributed by atoms with Crippen LogP contribution in [-0.4, -0.2) is 32.7 Å². The van der Waals surface area contributed by atoms with E-state index >= 15 is 0 Å². The van der Waals surface area contributed by atoms with Gasteiger partial charge in [0.05, 0.1) is 12.6 Å². The Morgan fingerprint density at radius 3 is 2.53 bits per heavy atom. The highest BCUT2D eigenvalue weighted by Crippen LogP contribution is 2.17. The molecular weight excluding hydrogens is 247 g/mol. The van der Waals surface area contributed by atoms with E-state index in [0.29, 0.717) is 30.8 Å². The Morgan fingerprint density at radius 1 is 1.47 bits per heavy atom. The van der Waals surface area contributed by atoms with Crippen molar-refractivity contribution in [2.24, 2.45) is 5.73 Å². The number of nitrogens with zero attached hydrogens (tertiary/aromatic N) is 1. The van der Waals surface area contributed by atoms with Crippen molar-refractivity contribution in [2.75, 3.05) is 25.1 Å². The number of carbonyl (C=O) groups excluding carboxylic acids is 1. The Hall–Kier alpha value is -1.46. The Labute approximate surface area is 114 Å². The van der Waals surface area contributed by atoms with Crippen LogP contribution in [-0.2, 0) is 9.53 Å². The molecule has 1 rings (SSSR count). The lowest BCUT2D eigenvalue weighted by Gasteiger charge is -2.22. The molecule has 0 saturated heterocycles. The van der Waals surface area contributed by atoms with Crippen molar-refractivity contribution in [1.29, 1.82) is 0 Å². The monoisotopic (exact) mass is 270 g/mol. The van der Waals surface area contributed by atoms with Crippen LogP contribution in [0, 0.1) is 12.7 Å². The van der Waals surface area contributed by atoms with Crippen LogP contribution in [0.4, 0.5) is 10.1 Å². The van der Waals surface area contributed by atoms with Crippen LogP contribution >= 0.6 is 0 Å². The third kappa shape index (κ3) is 5.36. The standard InChI is InChI=1S/C12H17FN2O2.C2H6/c1-9-3-4-10(5-12(9)13)15(8-16)7-11(6-14)17-2;1-2/h3-5,8,11H,6-7,14H2,1-2H3;1-2H3. The van der Waals surface area contributed by atoms with Gasteiger partial charge in [-0.1, -0.05) is 19.9 Å². The first kappa shape index (κ1) is 17.5. The number of aryl methyl sites for hydroxylation is 1. The van der Waals surface area contributed by atoms with Crippen molar-refractivity contribution in [2.45, 2.75) is 26.9 Å². The third-order valence-corrected chi connectivity index (χ3v) is 2.61. The van der Waals surface area contributed by atoms with Crippen molar-refractivity contribution >= 4 is 12.1 Å². The van der Waals surface area contributed by atoms with Crippen LogP contribution in [0.1, 0.15) is 19.4 Å². The maximum Gasteiger partial charge on any atom is 0.214 e. The smallest absolute Gasteiger partial charge is 0.214 e. The summed E-state index contributed by atoms with van der Waals surface area (Å²) in [6.45, 7) is 6.27. The van der Waals surface area contributed by atoms with E-state index in [2.05, 4.69) is 0 Å². The summed E-state index contributed by atoms with van der Waals surface area (Å²) in [4.78, 5) is 12.4. The van der Waals surface area contributed by atoms with Gasteiger partial charge in [0.25, 0.3) is 0 Å². The Bertz CT molecular complexity index is 382. The molecule has 1 amide bonds. The minimum Gasteiger partial charge on any atom is -0.378 e. The highest BCUT2D eigenvalue weighted by molar-refractivity contribution is 5.75. The largest absolute Gasteiger partial charge is 0.378 e. The fourth-order valence-corrected chi connectivity index (χ4v) is 1.43. The molecule has 2 N–H and O–H groups in total. The zero-order valence-corrected chi connectivity index (χ0v) is 12.0. The van der Waals surface area contributed by atoms with Gasteiger partial charge in [0, 0.05) is 19.3 Å². The lowest BCUT2D eigenvalue weighted by Crippen LogP contribution is -2.37. The number of carbonyl (C=O) groups is 1. The number of ether oxygens (including phenoxy) is 1. The highest BCUT2D eigenvalue weighted by Gasteiger charge is 2.13. The lowest BCUT2D eigenvalue weighted by molar-refractivity contribution is -0.107. The van der Waals surface area contributed by atoms with E-state index < -0.39 is 0 Å².